The van der Waals surface area contributed by atoms with Crippen LogP contribution in [0.5, 0.6) is 5.75 Å². The van der Waals surface area contributed by atoms with Crippen molar-refractivity contribution in [2.24, 2.45) is 5.92 Å². The molecule has 266 valence electrons. The van der Waals surface area contributed by atoms with E-state index in [9.17, 15) is 31.9 Å². The largest absolute Gasteiger partial charge is 0.490 e. The van der Waals surface area contributed by atoms with Crippen LogP contribution in [0, 0.1) is 17.6 Å². The summed E-state index contributed by atoms with van der Waals surface area (Å²) in [4.78, 5) is 28.5. The van der Waals surface area contributed by atoms with E-state index in [0.29, 0.717) is 36.6 Å². The number of hydrogen-bond acceptors (Lipinski definition) is 7. The van der Waals surface area contributed by atoms with Gasteiger partial charge >= 0.3 is 6.03 Å². The number of hydrogen-bond donors (Lipinski definition) is 3. The summed E-state index contributed by atoms with van der Waals surface area (Å²) in [6.07, 6.45) is 1.15. The van der Waals surface area contributed by atoms with Crippen LogP contribution in [0.4, 0.5) is 25.0 Å². The Labute approximate surface area is 286 Å². The number of likely N-dealkylation sites (N-methyl/N-ethyl adjacent to an activating group) is 1. The minimum absolute atomic E-state index is 0.0379. The molecule has 4 rings (SSSR count). The number of sulfonamides is 1. The number of carbonyl (C=O) groups is 2. The number of aliphatic hydroxyl groups is 1. The molecule has 0 fully saturated rings. The van der Waals surface area contributed by atoms with E-state index in [0.717, 1.165) is 22.9 Å². The minimum Gasteiger partial charge on any atom is -0.490 e. The molecule has 0 bridgehead atoms. The lowest BCUT2D eigenvalue weighted by molar-refractivity contribution is -0.00834. The van der Waals surface area contributed by atoms with Gasteiger partial charge in [0.1, 0.15) is 17.4 Å². The van der Waals surface area contributed by atoms with Crippen molar-refractivity contribution in [1.29, 1.82) is 0 Å². The molecule has 3 N–H and O–H groups in total. The summed E-state index contributed by atoms with van der Waals surface area (Å²) in [5, 5.41) is 15.5. The zero-order valence-electron chi connectivity index (χ0n) is 28.1. The van der Waals surface area contributed by atoms with E-state index in [1.165, 1.54) is 54.4 Å². The molecule has 0 spiro atoms. The number of anilines is 2. The highest BCUT2D eigenvalue weighted by Gasteiger charge is 2.32. The molecule has 1 aliphatic rings. The van der Waals surface area contributed by atoms with E-state index in [1.807, 2.05) is 13.8 Å². The van der Waals surface area contributed by atoms with Gasteiger partial charge in [-0.25, -0.2) is 22.0 Å². The molecule has 14 heteroatoms. The van der Waals surface area contributed by atoms with E-state index >= 15 is 0 Å². The van der Waals surface area contributed by atoms with Gasteiger partial charge in [0, 0.05) is 44.0 Å². The average molecular weight is 703 g/mol. The number of nitrogens with zero attached hydrogens (tertiary/aromatic N) is 2. The highest BCUT2D eigenvalue weighted by Crippen LogP contribution is 2.29. The molecule has 1 aliphatic heterocycles. The SMILES string of the molecule is C[C@H]1CCCCO[C@@H](CN(C)S(=O)(=O)c2ccc(F)cc2)[C@@H](C)CN([C@@H](C)CO)C(=O)c2cc(NC(=O)Nc3ccc(F)cc3)ccc2O1. The third-order valence-corrected chi connectivity index (χ3v) is 10.2. The first-order valence-electron chi connectivity index (χ1n) is 16.2. The molecule has 3 amide bonds. The highest BCUT2D eigenvalue weighted by atomic mass is 32.2. The van der Waals surface area contributed by atoms with Crippen LogP contribution in [0.3, 0.4) is 0 Å². The molecule has 0 saturated heterocycles. The Morgan fingerprint density at radius 1 is 1.00 bits per heavy atom. The van der Waals surface area contributed by atoms with Gasteiger partial charge in [-0.15, -0.1) is 0 Å². The Kier molecular flexibility index (Phi) is 13.1. The lowest BCUT2D eigenvalue weighted by atomic mass is 10.0. The smallest absolute Gasteiger partial charge is 0.323 e. The van der Waals surface area contributed by atoms with Crippen molar-refractivity contribution in [1.82, 2.24) is 9.21 Å². The number of ether oxygens (including phenoxy) is 2. The molecule has 49 heavy (non-hydrogen) atoms. The van der Waals surface area contributed by atoms with Crippen LogP contribution >= 0.6 is 0 Å². The second-order valence-electron chi connectivity index (χ2n) is 12.3. The van der Waals surface area contributed by atoms with Gasteiger partial charge in [-0.05, 0) is 99.8 Å². The Morgan fingerprint density at radius 2 is 1.61 bits per heavy atom. The van der Waals surface area contributed by atoms with Crippen molar-refractivity contribution in [3.63, 3.8) is 0 Å². The number of urea groups is 1. The number of halogens is 2. The van der Waals surface area contributed by atoms with Crippen molar-refractivity contribution < 1.29 is 41.4 Å². The van der Waals surface area contributed by atoms with Gasteiger partial charge < -0.3 is 30.1 Å². The highest BCUT2D eigenvalue weighted by molar-refractivity contribution is 7.89. The van der Waals surface area contributed by atoms with Crippen LogP contribution in [0.25, 0.3) is 0 Å². The summed E-state index contributed by atoms with van der Waals surface area (Å²) < 4.78 is 67.1. The van der Waals surface area contributed by atoms with Gasteiger partial charge in [0.05, 0.1) is 35.3 Å². The Hall–Kier alpha value is -4.11. The lowest BCUT2D eigenvalue weighted by Gasteiger charge is -2.35. The van der Waals surface area contributed by atoms with Crippen LogP contribution in [0.2, 0.25) is 0 Å². The van der Waals surface area contributed by atoms with Crippen molar-refractivity contribution in [2.45, 2.75) is 63.2 Å². The maximum absolute atomic E-state index is 14.3. The monoisotopic (exact) mass is 702 g/mol. The molecule has 1 heterocycles. The topological polar surface area (TPSA) is 138 Å². The van der Waals surface area contributed by atoms with E-state index < -0.39 is 51.7 Å². The van der Waals surface area contributed by atoms with Gasteiger partial charge in [-0.1, -0.05) is 6.92 Å². The Bertz CT molecular complexity index is 1680. The quantitative estimate of drug-likeness (QED) is 0.273. The van der Waals surface area contributed by atoms with Gasteiger partial charge in [-0.2, -0.15) is 4.31 Å². The summed E-state index contributed by atoms with van der Waals surface area (Å²) in [5.41, 5.74) is 0.822. The molecule has 4 atom stereocenters. The second kappa shape index (κ2) is 17.0. The van der Waals surface area contributed by atoms with Crippen molar-refractivity contribution in [3.05, 3.63) is 83.9 Å². The molecule has 11 nitrogen and oxygen atoms in total. The fourth-order valence-corrected chi connectivity index (χ4v) is 6.61. The molecular weight excluding hydrogens is 658 g/mol. The standard InChI is InChI=1S/C35H44F2N4O7S/c1-23-20-41(24(2)22-42)34(43)31-19-29(39-35(44)38-28-12-8-26(36)9-13-28)14-17-32(31)48-25(3)7-5-6-18-47-33(23)21-40(4)49(45,46)30-15-10-27(37)11-16-30/h8-17,19,23-25,33,42H,5-7,18,20-22H2,1-4H3,(H2,38,39,44)/t23-,24-,25-,33-/m0/s1. The number of rotatable bonds is 8. The average Bonchev–Trinajstić information content (AvgIpc) is 3.07. The van der Waals surface area contributed by atoms with Gasteiger partial charge in [-0.3, -0.25) is 4.79 Å². The van der Waals surface area contributed by atoms with Crippen LogP contribution in [-0.4, -0.2) is 86.3 Å². The summed E-state index contributed by atoms with van der Waals surface area (Å²) in [6.45, 7) is 5.47. The van der Waals surface area contributed by atoms with Crippen LogP contribution in [-0.2, 0) is 14.8 Å². The van der Waals surface area contributed by atoms with Crippen molar-refractivity contribution >= 4 is 33.3 Å². The lowest BCUT2D eigenvalue weighted by Crippen LogP contribution is -2.48. The van der Waals surface area contributed by atoms with Gasteiger partial charge in [0.25, 0.3) is 5.91 Å². The number of nitrogens with one attached hydrogen (secondary N) is 2. The maximum Gasteiger partial charge on any atom is 0.323 e. The number of fused-ring (bicyclic) bond motifs is 1. The summed E-state index contributed by atoms with van der Waals surface area (Å²) in [6, 6.07) is 13.3. The first kappa shape index (κ1) is 37.7. The maximum atomic E-state index is 14.3. The van der Waals surface area contributed by atoms with Gasteiger partial charge in [0.2, 0.25) is 10.0 Å². The first-order chi connectivity index (χ1) is 23.3. The molecule has 0 aliphatic carbocycles. The van der Waals surface area contributed by atoms with E-state index in [2.05, 4.69) is 10.6 Å². The van der Waals surface area contributed by atoms with E-state index in [-0.39, 0.29) is 36.3 Å². The molecule has 3 aromatic rings. The number of amides is 3. The van der Waals surface area contributed by atoms with Crippen LogP contribution in [0.15, 0.2) is 71.6 Å². The minimum atomic E-state index is -3.98. The molecule has 0 aromatic heterocycles. The second-order valence-corrected chi connectivity index (χ2v) is 14.4. The van der Waals surface area contributed by atoms with E-state index in [4.69, 9.17) is 9.47 Å². The molecule has 3 aromatic carbocycles. The predicted molar refractivity (Wildman–Crippen MR) is 182 cm³/mol. The van der Waals surface area contributed by atoms with Gasteiger partial charge in [0.15, 0.2) is 0 Å². The summed E-state index contributed by atoms with van der Waals surface area (Å²) in [7, 11) is -2.55. The fourth-order valence-electron chi connectivity index (χ4n) is 5.43. The third-order valence-electron chi connectivity index (χ3n) is 8.37. The zero-order chi connectivity index (χ0) is 35.7. The van der Waals surface area contributed by atoms with Crippen molar-refractivity contribution in [3.8, 4) is 5.75 Å². The van der Waals surface area contributed by atoms with Crippen molar-refractivity contribution in [2.75, 3.05) is 44.0 Å². The number of aliphatic hydroxyl groups excluding tert-OH is 1. The zero-order valence-corrected chi connectivity index (χ0v) is 28.9. The molecular formula is C35H44F2N4O7S. The summed E-state index contributed by atoms with van der Waals surface area (Å²) >= 11 is 0. The molecule has 0 radical (unpaired) electrons. The normalized spacial score (nSPS) is 20.1. The Morgan fingerprint density at radius 3 is 2.27 bits per heavy atom. The van der Waals surface area contributed by atoms with Crippen LogP contribution < -0.4 is 15.4 Å². The molecule has 0 saturated carbocycles. The predicted octanol–water partition coefficient (Wildman–Crippen LogP) is 5.73. The first-order valence-corrected chi connectivity index (χ1v) is 17.6. The number of carbonyl (C=O) groups excluding carboxylic acids is 2. The fraction of sp³-hybridized carbons (Fsp3) is 0.429. The number of benzene rings is 3. The van der Waals surface area contributed by atoms with Crippen LogP contribution in [0.1, 0.15) is 50.4 Å². The Balaban J connectivity index is 1.62. The molecule has 0 unspecified atom stereocenters. The third kappa shape index (κ3) is 10.2. The van der Waals surface area contributed by atoms with E-state index in [1.54, 1.807) is 19.1 Å². The summed E-state index contributed by atoms with van der Waals surface area (Å²) in [5.74, 6) is -1.57.